The molecule has 4 aromatic carbocycles. The van der Waals surface area contributed by atoms with Gasteiger partial charge in [-0.3, -0.25) is 4.79 Å². The number of ketones is 1. The molecule has 0 spiro atoms. The fraction of sp³-hybridized carbons (Fsp3) is 0.0645. The van der Waals surface area contributed by atoms with E-state index >= 15 is 0 Å². The molecule has 4 aromatic rings. The van der Waals surface area contributed by atoms with Crippen LogP contribution in [0, 0.1) is 23.7 Å². The second-order valence-corrected chi connectivity index (χ2v) is 8.76. The van der Waals surface area contributed by atoms with E-state index in [4.69, 9.17) is 23.2 Å². The Morgan fingerprint density at radius 2 is 0.889 bits per heavy atom. The van der Waals surface area contributed by atoms with Gasteiger partial charge in [0, 0.05) is 32.3 Å². The zero-order valence-corrected chi connectivity index (χ0v) is 20.5. The van der Waals surface area contributed by atoms with Crippen LogP contribution in [-0.2, 0) is 16.0 Å². The van der Waals surface area contributed by atoms with E-state index in [1.165, 1.54) is 0 Å². The molecule has 2 atom stereocenters. The molecule has 0 unspecified atom stereocenters. The van der Waals surface area contributed by atoms with Gasteiger partial charge in [0.15, 0.2) is 11.2 Å². The number of halogens is 2. The van der Waals surface area contributed by atoms with Crippen LogP contribution >= 0.6 is 23.2 Å². The predicted molar refractivity (Wildman–Crippen MR) is 142 cm³/mol. The van der Waals surface area contributed by atoms with Crippen molar-refractivity contribution in [3.05, 3.63) is 141 Å². The number of hydrogen-bond acceptors (Lipinski definition) is 3. The van der Waals surface area contributed by atoms with Crippen LogP contribution in [-0.4, -0.2) is 16.0 Å². The smallest absolute Gasteiger partial charge is 0.279 e. The van der Waals surface area contributed by atoms with Crippen molar-refractivity contribution >= 4 is 29.0 Å². The molecule has 0 heterocycles. The van der Waals surface area contributed by atoms with E-state index in [2.05, 4.69) is 23.7 Å². The van der Waals surface area contributed by atoms with E-state index in [0.717, 1.165) is 0 Å². The van der Waals surface area contributed by atoms with Crippen molar-refractivity contribution < 1.29 is 15.0 Å². The summed E-state index contributed by atoms with van der Waals surface area (Å²) in [6, 6.07) is 30.9. The summed E-state index contributed by atoms with van der Waals surface area (Å²) in [5.74, 6) is 9.37. The van der Waals surface area contributed by atoms with E-state index < -0.39 is 17.0 Å². The van der Waals surface area contributed by atoms with Gasteiger partial charge in [0.25, 0.3) is 5.78 Å². The summed E-state index contributed by atoms with van der Waals surface area (Å²) < 4.78 is 0. The third-order valence-electron chi connectivity index (χ3n) is 5.62. The van der Waals surface area contributed by atoms with Crippen LogP contribution < -0.4 is 0 Å². The maximum absolute atomic E-state index is 12.8. The minimum Gasteiger partial charge on any atom is -0.369 e. The molecule has 0 aliphatic rings. The quantitative estimate of drug-likeness (QED) is 0.271. The first-order chi connectivity index (χ1) is 17.3. The molecule has 0 aliphatic heterocycles. The summed E-state index contributed by atoms with van der Waals surface area (Å²) in [6.07, 6.45) is 0. The van der Waals surface area contributed by atoms with Crippen LogP contribution in [0.2, 0.25) is 10.0 Å². The number of rotatable bonds is 4. The zero-order chi connectivity index (χ0) is 25.6. The Hall–Kier alpha value is -3.83. The first kappa shape index (κ1) is 25.3. The van der Waals surface area contributed by atoms with Gasteiger partial charge in [-0.2, -0.15) is 0 Å². The highest BCUT2D eigenvalue weighted by Gasteiger charge is 2.33. The van der Waals surface area contributed by atoms with Crippen molar-refractivity contribution in [2.24, 2.45) is 0 Å². The zero-order valence-electron chi connectivity index (χ0n) is 19.0. The molecule has 0 saturated heterocycles. The van der Waals surface area contributed by atoms with Crippen molar-refractivity contribution in [1.29, 1.82) is 0 Å². The van der Waals surface area contributed by atoms with Gasteiger partial charge in [-0.1, -0.05) is 120 Å². The molecule has 4 rings (SSSR count). The van der Waals surface area contributed by atoms with Crippen LogP contribution in [0.4, 0.5) is 0 Å². The van der Waals surface area contributed by atoms with Gasteiger partial charge < -0.3 is 10.2 Å². The third-order valence-corrected chi connectivity index (χ3v) is 6.28. The number of carbonyl (C=O) groups excluding carboxylic acids is 1. The molecular weight excluding hydrogens is 491 g/mol. The topological polar surface area (TPSA) is 57.5 Å². The molecule has 36 heavy (non-hydrogen) atoms. The van der Waals surface area contributed by atoms with E-state index in [1.807, 2.05) is 0 Å². The van der Waals surface area contributed by atoms with Gasteiger partial charge in [0.2, 0.25) is 0 Å². The molecule has 0 aromatic heterocycles. The van der Waals surface area contributed by atoms with Crippen molar-refractivity contribution in [1.82, 2.24) is 0 Å². The van der Waals surface area contributed by atoms with Gasteiger partial charge in [-0.05, 0) is 35.8 Å². The molecule has 2 N–H and O–H groups in total. The molecule has 0 radical (unpaired) electrons. The Morgan fingerprint density at radius 3 is 1.25 bits per heavy atom. The Balaban J connectivity index is 1.77. The average Bonchev–Trinajstić information content (AvgIpc) is 2.92. The van der Waals surface area contributed by atoms with Crippen LogP contribution in [0.5, 0.6) is 0 Å². The lowest BCUT2D eigenvalue weighted by atomic mass is 9.86. The fourth-order valence-corrected chi connectivity index (χ4v) is 4.33. The van der Waals surface area contributed by atoms with Gasteiger partial charge >= 0.3 is 0 Å². The summed E-state index contributed by atoms with van der Waals surface area (Å²) in [6.45, 7) is 0. The Kier molecular flexibility index (Phi) is 7.61. The normalized spacial score (nSPS) is 13.7. The fourth-order valence-electron chi connectivity index (χ4n) is 3.78. The van der Waals surface area contributed by atoms with E-state index in [0.29, 0.717) is 32.3 Å². The lowest BCUT2D eigenvalue weighted by molar-refractivity contribution is -0.109. The first-order valence-electron chi connectivity index (χ1n) is 11.0. The van der Waals surface area contributed by atoms with Gasteiger partial charge in [-0.25, -0.2) is 0 Å². The third kappa shape index (κ3) is 5.21. The van der Waals surface area contributed by atoms with E-state index in [9.17, 15) is 15.0 Å². The summed E-state index contributed by atoms with van der Waals surface area (Å²) >= 11 is 12.7. The highest BCUT2D eigenvalue weighted by Crippen LogP contribution is 2.35. The summed E-state index contributed by atoms with van der Waals surface area (Å²) in [4.78, 5) is 12.8. The molecule has 0 bridgehead atoms. The molecular formula is C31H20Cl2O3. The predicted octanol–water partition coefficient (Wildman–Crippen LogP) is 5.74. The molecule has 0 aliphatic carbocycles. The lowest BCUT2D eigenvalue weighted by Gasteiger charge is -2.24. The largest absolute Gasteiger partial charge is 0.369 e. The Bertz CT molecular complexity index is 1400. The van der Waals surface area contributed by atoms with Gasteiger partial charge in [0.1, 0.15) is 0 Å². The number of hydrogen-bond donors (Lipinski definition) is 2. The van der Waals surface area contributed by atoms with E-state index in [-0.39, 0.29) is 0 Å². The van der Waals surface area contributed by atoms with Gasteiger partial charge in [0.05, 0.1) is 0 Å². The second kappa shape index (κ2) is 10.8. The maximum atomic E-state index is 12.8. The Labute approximate surface area is 220 Å². The number of benzene rings is 4. The molecule has 3 nitrogen and oxygen atoms in total. The minimum absolute atomic E-state index is 0.300. The van der Waals surface area contributed by atoms with Crippen LogP contribution in [0.1, 0.15) is 22.3 Å². The number of carbonyl (C=O) groups is 1. The molecule has 0 saturated carbocycles. The highest BCUT2D eigenvalue weighted by molar-refractivity contribution is 6.32. The van der Waals surface area contributed by atoms with Crippen molar-refractivity contribution in [2.45, 2.75) is 11.2 Å². The molecule has 5 heteroatoms. The van der Waals surface area contributed by atoms with Crippen molar-refractivity contribution in [3.8, 4) is 23.7 Å². The Morgan fingerprint density at radius 1 is 0.556 bits per heavy atom. The second-order valence-electron chi connectivity index (χ2n) is 7.94. The lowest BCUT2D eigenvalue weighted by Crippen LogP contribution is -2.26. The molecule has 176 valence electrons. The monoisotopic (exact) mass is 510 g/mol. The SMILES string of the molecule is O=C(C#C[C@](O)(c1ccccc1)c1ccccc1Cl)C#C[C@](O)(c1ccccc1)c1ccccc1Cl. The van der Waals surface area contributed by atoms with Crippen LogP contribution in [0.3, 0.4) is 0 Å². The van der Waals surface area contributed by atoms with E-state index in [1.54, 1.807) is 109 Å². The molecule has 0 amide bonds. The number of aliphatic hydroxyl groups is 2. The minimum atomic E-state index is -1.85. The standard InChI is InChI=1S/C31H20Cl2O3/c32-28-17-9-7-15-26(28)30(35,23-11-3-1-4-12-23)21-19-25(34)20-22-31(36,24-13-5-2-6-14-24)27-16-8-10-18-29(27)33/h1-18,35-36H/t30-,31-/m0/s1. The van der Waals surface area contributed by atoms with Gasteiger partial charge in [-0.15, -0.1) is 0 Å². The maximum Gasteiger partial charge on any atom is 0.279 e. The van der Waals surface area contributed by atoms with Crippen molar-refractivity contribution in [2.75, 3.05) is 0 Å². The molecule has 0 fully saturated rings. The first-order valence-corrected chi connectivity index (χ1v) is 11.8. The highest BCUT2D eigenvalue weighted by atomic mass is 35.5. The number of Topliss-reactive ketones (excluding diaryl/α,β-unsaturated/α-hetero) is 1. The summed E-state index contributed by atoms with van der Waals surface area (Å²) in [5, 5.41) is 23.8. The van der Waals surface area contributed by atoms with Crippen LogP contribution in [0.15, 0.2) is 109 Å². The average molecular weight is 511 g/mol. The summed E-state index contributed by atoms with van der Waals surface area (Å²) in [7, 11) is 0. The van der Waals surface area contributed by atoms with Crippen LogP contribution in [0.25, 0.3) is 0 Å². The summed E-state index contributed by atoms with van der Waals surface area (Å²) in [5.41, 5.74) is -2.14. The van der Waals surface area contributed by atoms with Crippen molar-refractivity contribution in [3.63, 3.8) is 0 Å².